The molecule has 1 aromatic rings. The van der Waals surface area contributed by atoms with Crippen LogP contribution in [0.4, 0.5) is 4.39 Å². The van der Waals surface area contributed by atoms with Crippen LogP contribution < -0.4 is 5.32 Å². The highest BCUT2D eigenvalue weighted by atomic mass is 35.5. The Labute approximate surface area is 87.8 Å². The third-order valence-corrected chi connectivity index (χ3v) is 3.45. The molecule has 1 saturated heterocycles. The van der Waals surface area contributed by atoms with Crippen LogP contribution in [0.15, 0.2) is 17.5 Å². The summed E-state index contributed by atoms with van der Waals surface area (Å²) >= 11 is 1.73. The second-order valence-electron chi connectivity index (χ2n) is 3.19. The Balaban J connectivity index is 0.000000845. The third kappa shape index (κ3) is 2.22. The Morgan fingerprint density at radius 2 is 2.38 bits per heavy atom. The molecule has 0 amide bonds. The third-order valence-electron chi connectivity index (χ3n) is 2.45. The Hall–Kier alpha value is -0.120. The van der Waals surface area contributed by atoms with Gasteiger partial charge < -0.3 is 5.32 Å². The molecule has 0 bridgehead atoms. The molecule has 2 rings (SSSR count). The van der Waals surface area contributed by atoms with E-state index < -0.39 is 0 Å². The molecule has 1 aromatic heterocycles. The molecule has 1 aliphatic heterocycles. The van der Waals surface area contributed by atoms with Crippen molar-refractivity contribution < 1.29 is 4.39 Å². The highest BCUT2D eigenvalue weighted by Crippen LogP contribution is 2.31. The van der Waals surface area contributed by atoms with Crippen molar-refractivity contribution in [1.29, 1.82) is 0 Å². The highest BCUT2D eigenvalue weighted by Gasteiger charge is 2.28. The molecule has 0 saturated carbocycles. The number of rotatable bonds is 2. The molecule has 1 aliphatic rings. The molecule has 13 heavy (non-hydrogen) atoms. The van der Waals surface area contributed by atoms with Crippen LogP contribution in [0.5, 0.6) is 0 Å². The van der Waals surface area contributed by atoms with Gasteiger partial charge in [-0.3, -0.25) is 4.39 Å². The van der Waals surface area contributed by atoms with Gasteiger partial charge in [0.05, 0.1) is 6.67 Å². The lowest BCUT2D eigenvalue weighted by molar-refractivity contribution is 0.360. The number of alkyl halides is 1. The number of hydrogen-bond donors (Lipinski definition) is 1. The molecule has 1 N–H and O–H groups in total. The lowest BCUT2D eigenvalue weighted by Gasteiger charge is -2.12. The van der Waals surface area contributed by atoms with Gasteiger partial charge in [-0.1, -0.05) is 6.07 Å². The first-order valence-electron chi connectivity index (χ1n) is 4.22. The van der Waals surface area contributed by atoms with E-state index in [1.54, 1.807) is 11.3 Å². The zero-order valence-electron chi connectivity index (χ0n) is 7.20. The fourth-order valence-corrected chi connectivity index (χ4v) is 2.65. The van der Waals surface area contributed by atoms with E-state index >= 15 is 0 Å². The minimum Gasteiger partial charge on any atom is -0.316 e. The SMILES string of the molecule is Cl.FCC1CNCC1c1cccs1. The van der Waals surface area contributed by atoms with Crippen LogP contribution in [-0.4, -0.2) is 19.8 Å². The summed E-state index contributed by atoms with van der Waals surface area (Å²) in [5.41, 5.74) is 0. The zero-order valence-corrected chi connectivity index (χ0v) is 8.84. The van der Waals surface area contributed by atoms with Gasteiger partial charge in [-0.2, -0.15) is 0 Å². The molecular formula is C9H13ClFNS. The summed E-state index contributed by atoms with van der Waals surface area (Å²) in [6.07, 6.45) is 0. The second kappa shape index (κ2) is 4.94. The molecule has 0 aromatic carbocycles. The zero-order chi connectivity index (χ0) is 8.39. The topological polar surface area (TPSA) is 12.0 Å². The maximum absolute atomic E-state index is 12.5. The highest BCUT2D eigenvalue weighted by molar-refractivity contribution is 7.10. The predicted octanol–water partition coefficient (Wildman–Crippen LogP) is 2.44. The maximum atomic E-state index is 12.5. The van der Waals surface area contributed by atoms with Crippen molar-refractivity contribution in [1.82, 2.24) is 5.32 Å². The summed E-state index contributed by atoms with van der Waals surface area (Å²) in [7, 11) is 0. The number of hydrogen-bond acceptors (Lipinski definition) is 2. The molecule has 1 fully saturated rings. The molecular weight excluding hydrogens is 209 g/mol. The van der Waals surface area contributed by atoms with Gasteiger partial charge in [0.2, 0.25) is 0 Å². The van der Waals surface area contributed by atoms with E-state index in [9.17, 15) is 4.39 Å². The molecule has 4 heteroatoms. The van der Waals surface area contributed by atoms with E-state index in [4.69, 9.17) is 0 Å². The van der Waals surface area contributed by atoms with Crippen molar-refractivity contribution in [3.8, 4) is 0 Å². The molecule has 74 valence electrons. The van der Waals surface area contributed by atoms with Crippen LogP contribution in [-0.2, 0) is 0 Å². The van der Waals surface area contributed by atoms with Crippen molar-refractivity contribution in [3.63, 3.8) is 0 Å². The Morgan fingerprint density at radius 1 is 1.54 bits per heavy atom. The summed E-state index contributed by atoms with van der Waals surface area (Å²) in [5, 5.41) is 5.29. The predicted molar refractivity (Wildman–Crippen MR) is 56.6 cm³/mol. The standard InChI is InChI=1S/C9H12FNS.ClH/c10-4-7-5-11-6-8(7)9-2-1-3-12-9;/h1-3,7-8,11H,4-6H2;1H. The molecule has 2 atom stereocenters. The van der Waals surface area contributed by atoms with Crippen LogP contribution in [0, 0.1) is 5.92 Å². The largest absolute Gasteiger partial charge is 0.316 e. The summed E-state index contributed by atoms with van der Waals surface area (Å²) < 4.78 is 12.5. The number of thiophene rings is 1. The first-order valence-corrected chi connectivity index (χ1v) is 5.10. The Morgan fingerprint density at radius 3 is 3.00 bits per heavy atom. The fraction of sp³-hybridized carbons (Fsp3) is 0.556. The van der Waals surface area contributed by atoms with Gasteiger partial charge in [0.15, 0.2) is 0 Å². The molecule has 1 nitrogen and oxygen atoms in total. The van der Waals surface area contributed by atoms with Crippen LogP contribution in [0.2, 0.25) is 0 Å². The first kappa shape index (κ1) is 11.0. The van der Waals surface area contributed by atoms with E-state index in [2.05, 4.69) is 16.8 Å². The number of nitrogens with one attached hydrogen (secondary N) is 1. The average molecular weight is 222 g/mol. The average Bonchev–Trinajstić information content (AvgIpc) is 2.74. The fourth-order valence-electron chi connectivity index (χ4n) is 1.73. The number of halogens is 2. The summed E-state index contributed by atoms with van der Waals surface area (Å²) in [6, 6.07) is 4.14. The van der Waals surface area contributed by atoms with E-state index in [1.165, 1.54) is 4.88 Å². The van der Waals surface area contributed by atoms with Gasteiger partial charge in [0.25, 0.3) is 0 Å². The smallest absolute Gasteiger partial charge is 0.0941 e. The Kier molecular flexibility index (Phi) is 4.16. The van der Waals surface area contributed by atoms with Gasteiger partial charge >= 0.3 is 0 Å². The van der Waals surface area contributed by atoms with Gasteiger partial charge in [0, 0.05) is 29.8 Å². The van der Waals surface area contributed by atoms with Gasteiger partial charge in [-0.15, -0.1) is 23.7 Å². The minimum atomic E-state index is -0.199. The van der Waals surface area contributed by atoms with Crippen molar-refractivity contribution in [2.75, 3.05) is 19.8 Å². The van der Waals surface area contributed by atoms with Crippen LogP contribution in [0.3, 0.4) is 0 Å². The minimum absolute atomic E-state index is 0. The van der Waals surface area contributed by atoms with E-state index in [0.717, 1.165) is 13.1 Å². The molecule has 2 heterocycles. The summed E-state index contributed by atoms with van der Waals surface area (Å²) in [4.78, 5) is 1.32. The molecule has 0 radical (unpaired) electrons. The maximum Gasteiger partial charge on any atom is 0.0941 e. The first-order chi connectivity index (χ1) is 5.92. The molecule has 2 unspecified atom stereocenters. The normalized spacial score (nSPS) is 27.2. The van der Waals surface area contributed by atoms with Crippen LogP contribution in [0.1, 0.15) is 10.8 Å². The van der Waals surface area contributed by atoms with Gasteiger partial charge in [0.1, 0.15) is 0 Å². The van der Waals surface area contributed by atoms with E-state index in [-0.39, 0.29) is 25.0 Å². The molecule has 0 spiro atoms. The quantitative estimate of drug-likeness (QED) is 0.809. The van der Waals surface area contributed by atoms with E-state index in [1.807, 2.05) is 6.07 Å². The lowest BCUT2D eigenvalue weighted by Crippen LogP contribution is -2.11. The second-order valence-corrected chi connectivity index (χ2v) is 4.17. The van der Waals surface area contributed by atoms with Crippen LogP contribution in [0.25, 0.3) is 0 Å². The van der Waals surface area contributed by atoms with Crippen molar-refractivity contribution >= 4 is 23.7 Å². The van der Waals surface area contributed by atoms with Crippen LogP contribution >= 0.6 is 23.7 Å². The summed E-state index contributed by atoms with van der Waals surface area (Å²) in [6.45, 7) is 1.57. The lowest BCUT2D eigenvalue weighted by atomic mass is 9.96. The van der Waals surface area contributed by atoms with Crippen molar-refractivity contribution in [3.05, 3.63) is 22.4 Å². The van der Waals surface area contributed by atoms with Crippen molar-refractivity contribution in [2.24, 2.45) is 5.92 Å². The van der Waals surface area contributed by atoms with E-state index in [0.29, 0.717) is 5.92 Å². The summed E-state index contributed by atoms with van der Waals surface area (Å²) in [5.74, 6) is 0.610. The Bertz CT molecular complexity index is 240. The van der Waals surface area contributed by atoms with Crippen molar-refractivity contribution in [2.45, 2.75) is 5.92 Å². The monoisotopic (exact) mass is 221 g/mol. The van der Waals surface area contributed by atoms with Gasteiger partial charge in [-0.05, 0) is 11.4 Å². The van der Waals surface area contributed by atoms with Gasteiger partial charge in [-0.25, -0.2) is 0 Å². The molecule has 0 aliphatic carbocycles.